The van der Waals surface area contributed by atoms with Crippen molar-refractivity contribution in [2.75, 3.05) is 6.54 Å². The van der Waals surface area contributed by atoms with Crippen molar-refractivity contribution in [3.63, 3.8) is 0 Å². The van der Waals surface area contributed by atoms with Crippen LogP contribution in [0.4, 0.5) is 8.78 Å². The van der Waals surface area contributed by atoms with Crippen molar-refractivity contribution in [3.05, 3.63) is 70.8 Å². The van der Waals surface area contributed by atoms with Gasteiger partial charge in [0.2, 0.25) is 5.91 Å². The molecule has 3 nitrogen and oxygen atoms in total. The topological polar surface area (TPSA) is 41.1 Å². The van der Waals surface area contributed by atoms with Gasteiger partial charge in [-0.05, 0) is 37.6 Å². The van der Waals surface area contributed by atoms with Crippen molar-refractivity contribution in [1.82, 2.24) is 10.6 Å². The Bertz CT molecular complexity index is 671. The summed E-state index contributed by atoms with van der Waals surface area (Å²) in [6.45, 7) is 4.03. The highest BCUT2D eigenvalue weighted by Crippen LogP contribution is 2.13. The van der Waals surface area contributed by atoms with Crippen LogP contribution in [0.5, 0.6) is 0 Å². The number of aryl methyl sites for hydroxylation is 1. The lowest BCUT2D eigenvalue weighted by Gasteiger charge is -2.15. The van der Waals surface area contributed by atoms with Gasteiger partial charge in [0, 0.05) is 12.1 Å². The molecule has 0 fully saturated rings. The average molecular weight is 318 g/mol. The molecule has 122 valence electrons. The zero-order chi connectivity index (χ0) is 16.8. The molecule has 0 radical (unpaired) electrons. The molecule has 0 aliphatic heterocycles. The Morgan fingerprint density at radius 1 is 1.13 bits per heavy atom. The van der Waals surface area contributed by atoms with E-state index in [0.29, 0.717) is 0 Å². The molecule has 0 bridgehead atoms. The van der Waals surface area contributed by atoms with E-state index >= 15 is 0 Å². The predicted molar refractivity (Wildman–Crippen MR) is 85.8 cm³/mol. The summed E-state index contributed by atoms with van der Waals surface area (Å²) in [4.78, 5) is 11.9. The molecule has 1 atom stereocenters. The molecule has 0 saturated heterocycles. The van der Waals surface area contributed by atoms with Crippen molar-refractivity contribution in [2.45, 2.75) is 26.4 Å². The average Bonchev–Trinajstić information content (AvgIpc) is 2.51. The first kappa shape index (κ1) is 17.1. The van der Waals surface area contributed by atoms with Crippen molar-refractivity contribution in [2.24, 2.45) is 0 Å². The molecule has 2 aromatic rings. The number of hydrogen-bond acceptors (Lipinski definition) is 2. The highest BCUT2D eigenvalue weighted by atomic mass is 19.1. The molecule has 0 heterocycles. The third-order valence-corrected chi connectivity index (χ3v) is 3.56. The normalized spacial score (nSPS) is 12.0. The Hall–Kier alpha value is -2.27. The van der Waals surface area contributed by atoms with Gasteiger partial charge in [-0.15, -0.1) is 0 Å². The van der Waals surface area contributed by atoms with E-state index in [1.165, 1.54) is 0 Å². The lowest BCUT2D eigenvalue weighted by molar-refractivity contribution is -0.120. The second-order valence-electron chi connectivity index (χ2n) is 5.54. The van der Waals surface area contributed by atoms with Crippen LogP contribution in [0.15, 0.2) is 42.5 Å². The van der Waals surface area contributed by atoms with E-state index in [-0.39, 0.29) is 30.6 Å². The van der Waals surface area contributed by atoms with Crippen LogP contribution in [0, 0.1) is 18.6 Å². The van der Waals surface area contributed by atoms with Crippen LogP contribution in [0.25, 0.3) is 0 Å². The fraction of sp³-hybridized carbons (Fsp3) is 0.278. The molecular weight excluding hydrogens is 298 g/mol. The van der Waals surface area contributed by atoms with Gasteiger partial charge in [-0.25, -0.2) is 8.78 Å². The number of halogens is 2. The fourth-order valence-electron chi connectivity index (χ4n) is 2.22. The van der Waals surface area contributed by atoms with Crippen LogP contribution in [0.2, 0.25) is 0 Å². The summed E-state index contributed by atoms with van der Waals surface area (Å²) in [5, 5.41) is 5.68. The highest BCUT2D eigenvalue weighted by molar-refractivity contribution is 5.78. The summed E-state index contributed by atoms with van der Waals surface area (Å²) in [5.41, 5.74) is 2.37. The van der Waals surface area contributed by atoms with E-state index in [4.69, 9.17) is 0 Å². The highest BCUT2D eigenvalue weighted by Gasteiger charge is 2.10. The quantitative estimate of drug-likeness (QED) is 0.858. The summed E-state index contributed by atoms with van der Waals surface area (Å²) >= 11 is 0. The van der Waals surface area contributed by atoms with Crippen LogP contribution in [0.3, 0.4) is 0 Å². The van der Waals surface area contributed by atoms with E-state index in [0.717, 1.165) is 29.3 Å². The number of carbonyl (C=O) groups excluding carboxylic acids is 1. The Kier molecular flexibility index (Phi) is 5.82. The maximum absolute atomic E-state index is 13.5. The summed E-state index contributed by atoms with van der Waals surface area (Å²) in [5.74, 6) is -1.19. The first-order chi connectivity index (χ1) is 11.0. The number of rotatable bonds is 6. The standard InChI is InChI=1S/C18H20F2N2O/c1-12-3-5-14(6-4-12)13(2)22-18(23)11-21-10-15-9-16(19)7-8-17(15)20/h3-9,13,21H,10-11H2,1-2H3,(H,22,23)/t13-/m0/s1. The number of hydrogen-bond donors (Lipinski definition) is 2. The molecule has 0 aliphatic carbocycles. The molecule has 2 N–H and O–H groups in total. The van der Waals surface area contributed by atoms with Crippen LogP contribution in [0.1, 0.15) is 29.7 Å². The molecule has 2 aromatic carbocycles. The minimum atomic E-state index is -0.499. The van der Waals surface area contributed by atoms with Crippen molar-refractivity contribution >= 4 is 5.91 Å². The predicted octanol–water partition coefficient (Wildman–Crippen LogP) is 3.24. The van der Waals surface area contributed by atoms with Crippen LogP contribution in [-0.4, -0.2) is 12.5 Å². The second kappa shape index (κ2) is 7.83. The summed E-state index contributed by atoms with van der Waals surface area (Å²) < 4.78 is 26.5. The lowest BCUT2D eigenvalue weighted by atomic mass is 10.1. The summed E-state index contributed by atoms with van der Waals surface area (Å²) in [6, 6.07) is 11.1. The third-order valence-electron chi connectivity index (χ3n) is 3.56. The van der Waals surface area contributed by atoms with Gasteiger partial charge in [0.25, 0.3) is 0 Å². The molecular formula is C18H20F2N2O. The molecule has 23 heavy (non-hydrogen) atoms. The molecule has 0 aromatic heterocycles. The number of nitrogens with one attached hydrogen (secondary N) is 2. The molecule has 0 aliphatic rings. The Labute approximate surface area is 134 Å². The smallest absolute Gasteiger partial charge is 0.234 e. The molecule has 1 amide bonds. The number of benzene rings is 2. The monoisotopic (exact) mass is 318 g/mol. The van der Waals surface area contributed by atoms with Crippen LogP contribution in [-0.2, 0) is 11.3 Å². The van der Waals surface area contributed by atoms with Gasteiger partial charge >= 0.3 is 0 Å². The summed E-state index contributed by atoms with van der Waals surface area (Å²) in [7, 11) is 0. The maximum atomic E-state index is 13.5. The van der Waals surface area contributed by atoms with E-state index in [9.17, 15) is 13.6 Å². The number of amides is 1. The zero-order valence-corrected chi connectivity index (χ0v) is 13.2. The Balaban J connectivity index is 1.81. The van der Waals surface area contributed by atoms with Gasteiger partial charge in [0.05, 0.1) is 12.6 Å². The molecule has 2 rings (SSSR count). The van der Waals surface area contributed by atoms with Gasteiger partial charge in [0.1, 0.15) is 11.6 Å². The van der Waals surface area contributed by atoms with E-state index in [2.05, 4.69) is 10.6 Å². The Morgan fingerprint density at radius 2 is 1.83 bits per heavy atom. The van der Waals surface area contributed by atoms with Gasteiger partial charge in [-0.3, -0.25) is 4.79 Å². The van der Waals surface area contributed by atoms with Gasteiger partial charge in [0.15, 0.2) is 0 Å². The minimum Gasteiger partial charge on any atom is -0.348 e. The van der Waals surface area contributed by atoms with Crippen LogP contribution >= 0.6 is 0 Å². The van der Waals surface area contributed by atoms with Crippen molar-refractivity contribution in [1.29, 1.82) is 0 Å². The number of carbonyl (C=O) groups is 1. The SMILES string of the molecule is Cc1ccc([C@H](C)NC(=O)CNCc2cc(F)ccc2F)cc1. The van der Waals surface area contributed by atoms with Crippen molar-refractivity contribution < 1.29 is 13.6 Å². The third kappa shape index (κ3) is 5.14. The van der Waals surface area contributed by atoms with Gasteiger partial charge in [-0.2, -0.15) is 0 Å². The minimum absolute atomic E-state index is 0.0339. The molecule has 0 spiro atoms. The van der Waals surface area contributed by atoms with E-state index < -0.39 is 11.6 Å². The first-order valence-corrected chi connectivity index (χ1v) is 7.46. The first-order valence-electron chi connectivity index (χ1n) is 7.46. The van der Waals surface area contributed by atoms with Crippen LogP contribution < -0.4 is 10.6 Å². The molecule has 5 heteroatoms. The second-order valence-corrected chi connectivity index (χ2v) is 5.54. The maximum Gasteiger partial charge on any atom is 0.234 e. The van der Waals surface area contributed by atoms with E-state index in [1.807, 2.05) is 38.1 Å². The Morgan fingerprint density at radius 3 is 2.52 bits per heavy atom. The molecule has 0 unspecified atom stereocenters. The molecule has 0 saturated carbocycles. The van der Waals surface area contributed by atoms with E-state index in [1.54, 1.807) is 0 Å². The largest absolute Gasteiger partial charge is 0.348 e. The zero-order valence-electron chi connectivity index (χ0n) is 13.2. The summed E-state index contributed by atoms with van der Waals surface area (Å²) in [6.07, 6.45) is 0. The van der Waals surface area contributed by atoms with Gasteiger partial charge in [-0.1, -0.05) is 29.8 Å². The fourth-order valence-corrected chi connectivity index (χ4v) is 2.22. The van der Waals surface area contributed by atoms with Gasteiger partial charge < -0.3 is 10.6 Å². The van der Waals surface area contributed by atoms with Crippen molar-refractivity contribution in [3.8, 4) is 0 Å². The lowest BCUT2D eigenvalue weighted by Crippen LogP contribution is -2.35.